The number of anilines is 3. The molecule has 6 rings (SSSR count). The van der Waals surface area contributed by atoms with Gasteiger partial charge in [-0.05, 0) is 58.2 Å². The predicted octanol–water partition coefficient (Wildman–Crippen LogP) is 3.36. The smallest absolute Gasteiger partial charge is 0.408 e. The molecule has 50 heavy (non-hydrogen) atoms. The quantitative estimate of drug-likeness (QED) is 0.296. The van der Waals surface area contributed by atoms with Crippen molar-refractivity contribution in [1.82, 2.24) is 29.7 Å². The van der Waals surface area contributed by atoms with Crippen LogP contribution >= 0.6 is 11.6 Å². The van der Waals surface area contributed by atoms with Gasteiger partial charge in [0.2, 0.25) is 15.9 Å². The van der Waals surface area contributed by atoms with E-state index in [1.54, 1.807) is 43.9 Å². The Morgan fingerprint density at radius 2 is 1.76 bits per heavy atom. The van der Waals surface area contributed by atoms with Gasteiger partial charge in [-0.1, -0.05) is 18.0 Å². The number of aliphatic hydroxyl groups is 1. The Morgan fingerprint density at radius 1 is 1.02 bits per heavy atom. The highest BCUT2D eigenvalue weighted by molar-refractivity contribution is 7.92. The Labute approximate surface area is 297 Å². The summed E-state index contributed by atoms with van der Waals surface area (Å²) >= 11 is 6.32. The van der Waals surface area contributed by atoms with Crippen molar-refractivity contribution in [3.05, 3.63) is 46.6 Å². The van der Waals surface area contributed by atoms with Gasteiger partial charge in [-0.2, -0.15) is 9.61 Å². The standard InChI is InChI=1S/C33H46ClN9O6S/c1-33(2,3)49-32(46)35-21-30(44)41-16-14-40(15-17-41)29-20-27(39-11-7-12-39)36-28-19-25(37-43(28)29)26-8-5-6-13-42(26)31(45)23-18-22(34)9-10-24(23)38-50(4,47)48/h9-10,18-20,26,31,38,45H,5-8,11-17,21H2,1-4H3,(H,35,46). The number of alkyl carbamates (subject to hydrolysis) is 1. The minimum absolute atomic E-state index is 0.138. The Morgan fingerprint density at radius 3 is 2.42 bits per heavy atom. The number of rotatable bonds is 9. The lowest BCUT2D eigenvalue weighted by Gasteiger charge is -2.38. The zero-order chi connectivity index (χ0) is 35.8. The molecule has 3 aromatic rings. The Bertz CT molecular complexity index is 1840. The minimum atomic E-state index is -3.60. The highest BCUT2D eigenvalue weighted by atomic mass is 35.5. The average Bonchev–Trinajstić information content (AvgIpc) is 3.46. The molecule has 3 aliphatic rings. The van der Waals surface area contributed by atoms with Crippen LogP contribution in [0, 0.1) is 0 Å². The lowest BCUT2D eigenvalue weighted by molar-refractivity contribution is -0.130. The first-order chi connectivity index (χ1) is 23.6. The van der Waals surface area contributed by atoms with Crippen LogP contribution in [0.4, 0.5) is 22.1 Å². The van der Waals surface area contributed by atoms with Gasteiger partial charge in [-0.25, -0.2) is 18.2 Å². The number of fused-ring (bicyclic) bond motifs is 1. The predicted molar refractivity (Wildman–Crippen MR) is 191 cm³/mol. The fourth-order valence-corrected chi connectivity index (χ4v) is 7.37. The zero-order valence-corrected chi connectivity index (χ0v) is 30.5. The van der Waals surface area contributed by atoms with Crippen LogP contribution in [0.15, 0.2) is 30.3 Å². The number of carbonyl (C=O) groups excluding carboxylic acids is 2. The molecule has 1 aromatic carbocycles. The number of amides is 2. The molecule has 0 radical (unpaired) electrons. The number of nitrogens with one attached hydrogen (secondary N) is 2. The van der Waals surface area contributed by atoms with E-state index < -0.39 is 27.9 Å². The molecule has 3 saturated heterocycles. The molecule has 3 aliphatic heterocycles. The summed E-state index contributed by atoms with van der Waals surface area (Å²) in [5.74, 6) is 1.55. The van der Waals surface area contributed by atoms with Crippen molar-refractivity contribution in [2.24, 2.45) is 0 Å². The Kier molecular flexibility index (Phi) is 10.4. The van der Waals surface area contributed by atoms with E-state index in [-0.39, 0.29) is 24.2 Å². The summed E-state index contributed by atoms with van der Waals surface area (Å²) in [5, 5.41) is 19.8. The van der Waals surface area contributed by atoms with Crippen LogP contribution in [0.2, 0.25) is 5.02 Å². The lowest BCUT2D eigenvalue weighted by atomic mass is 9.97. The van der Waals surface area contributed by atoms with Crippen molar-refractivity contribution in [3.8, 4) is 0 Å². The number of ether oxygens (including phenoxy) is 1. The second-order valence-electron chi connectivity index (χ2n) is 14.1. The molecule has 2 atom stereocenters. The van der Waals surface area contributed by atoms with Gasteiger partial charge in [0.05, 0.1) is 23.7 Å². The molecule has 272 valence electrons. The normalized spacial score (nSPS) is 19.6. The van der Waals surface area contributed by atoms with E-state index in [2.05, 4.69) is 19.8 Å². The van der Waals surface area contributed by atoms with Gasteiger partial charge in [0.1, 0.15) is 30.0 Å². The summed E-state index contributed by atoms with van der Waals surface area (Å²) in [6, 6.07) is 8.49. The summed E-state index contributed by atoms with van der Waals surface area (Å²) in [6.07, 6.45) is 2.92. The number of hydrogen-bond donors (Lipinski definition) is 3. The van der Waals surface area contributed by atoms with Crippen LogP contribution in [0.1, 0.15) is 70.0 Å². The summed E-state index contributed by atoms with van der Waals surface area (Å²) in [7, 11) is -3.60. The second-order valence-corrected chi connectivity index (χ2v) is 16.3. The van der Waals surface area contributed by atoms with E-state index in [1.165, 1.54) is 0 Å². The molecule has 0 bridgehead atoms. The average molecular weight is 732 g/mol. The monoisotopic (exact) mass is 731 g/mol. The van der Waals surface area contributed by atoms with Gasteiger partial charge in [0.25, 0.3) is 0 Å². The fraction of sp³-hybridized carbons (Fsp3) is 0.576. The molecule has 2 unspecified atom stereocenters. The first-order valence-corrected chi connectivity index (χ1v) is 19.3. The van der Waals surface area contributed by atoms with Gasteiger partial charge in [0.15, 0.2) is 5.65 Å². The van der Waals surface area contributed by atoms with Crippen molar-refractivity contribution in [3.63, 3.8) is 0 Å². The second kappa shape index (κ2) is 14.4. The van der Waals surface area contributed by atoms with Crippen molar-refractivity contribution in [1.29, 1.82) is 0 Å². The van der Waals surface area contributed by atoms with Gasteiger partial charge in [-0.15, -0.1) is 0 Å². The molecule has 2 amide bonds. The van der Waals surface area contributed by atoms with E-state index >= 15 is 0 Å². The third kappa shape index (κ3) is 8.36. The van der Waals surface area contributed by atoms with Gasteiger partial charge in [-0.3, -0.25) is 14.4 Å². The number of halogens is 1. The van der Waals surface area contributed by atoms with Gasteiger partial charge >= 0.3 is 6.09 Å². The fourth-order valence-electron chi connectivity index (χ4n) is 6.60. The van der Waals surface area contributed by atoms with Gasteiger partial charge in [0, 0.05) is 68.5 Å². The van der Waals surface area contributed by atoms with Crippen LogP contribution in [-0.4, -0.2) is 114 Å². The van der Waals surface area contributed by atoms with Crippen molar-refractivity contribution < 1.29 is 27.9 Å². The third-order valence-electron chi connectivity index (χ3n) is 9.12. The van der Waals surface area contributed by atoms with E-state index in [4.69, 9.17) is 26.4 Å². The molecule has 15 nitrogen and oxygen atoms in total. The van der Waals surface area contributed by atoms with Gasteiger partial charge < -0.3 is 29.9 Å². The molecule has 0 saturated carbocycles. The van der Waals surface area contributed by atoms with E-state index in [0.29, 0.717) is 49.0 Å². The number of hydrogen-bond acceptors (Lipinski definition) is 11. The molecular weight excluding hydrogens is 686 g/mol. The maximum atomic E-state index is 12.9. The molecule has 3 fully saturated rings. The molecule has 0 aliphatic carbocycles. The minimum Gasteiger partial charge on any atom is -0.444 e. The third-order valence-corrected chi connectivity index (χ3v) is 9.95. The number of sulfonamides is 1. The highest BCUT2D eigenvalue weighted by Crippen LogP contribution is 2.40. The number of piperazine rings is 1. The SMILES string of the molecule is CC(C)(C)OC(=O)NCC(=O)N1CCN(c2cc(N3CCC3)nc3cc(C4CCCCN4C(O)c4cc(Cl)ccc4NS(C)(=O)=O)nn23)CC1. The van der Waals surface area contributed by atoms with Crippen LogP contribution in [0.25, 0.3) is 5.65 Å². The number of nitrogens with zero attached hydrogens (tertiary/aromatic N) is 7. The van der Waals surface area contributed by atoms with Crippen LogP contribution in [0.5, 0.6) is 0 Å². The highest BCUT2D eigenvalue weighted by Gasteiger charge is 2.34. The first kappa shape index (κ1) is 35.9. The number of likely N-dealkylation sites (tertiary alicyclic amines) is 1. The topological polar surface area (TPSA) is 165 Å². The summed E-state index contributed by atoms with van der Waals surface area (Å²) in [5.41, 5.74) is 1.42. The Balaban J connectivity index is 1.24. The summed E-state index contributed by atoms with van der Waals surface area (Å²) in [4.78, 5) is 38.1. The Hall–Kier alpha value is -3.86. The van der Waals surface area contributed by atoms with Crippen LogP contribution < -0.4 is 19.8 Å². The van der Waals surface area contributed by atoms with Crippen molar-refractivity contribution in [2.75, 3.05) is 73.1 Å². The van der Waals surface area contributed by atoms with Crippen molar-refractivity contribution in [2.45, 2.75) is 64.3 Å². The van der Waals surface area contributed by atoms with Crippen LogP contribution in [0.3, 0.4) is 0 Å². The first-order valence-electron chi connectivity index (χ1n) is 17.0. The number of piperidine rings is 1. The molecule has 0 spiro atoms. The van der Waals surface area contributed by atoms with Crippen LogP contribution in [-0.2, 0) is 19.6 Å². The maximum Gasteiger partial charge on any atom is 0.408 e. The lowest BCUT2D eigenvalue weighted by Crippen LogP contribution is -2.52. The van der Waals surface area contributed by atoms with E-state index in [9.17, 15) is 23.1 Å². The number of aliphatic hydroxyl groups excluding tert-OH is 1. The molecule has 5 heterocycles. The summed E-state index contributed by atoms with van der Waals surface area (Å²) in [6.45, 7) is 9.64. The molecule has 17 heteroatoms. The number of carbonyl (C=O) groups is 2. The summed E-state index contributed by atoms with van der Waals surface area (Å²) < 4.78 is 33.9. The maximum absolute atomic E-state index is 12.9. The number of aromatic nitrogens is 3. The van der Waals surface area contributed by atoms with E-state index in [0.717, 1.165) is 62.4 Å². The van der Waals surface area contributed by atoms with E-state index in [1.807, 2.05) is 21.5 Å². The molecular formula is C33H46ClN9O6S. The van der Waals surface area contributed by atoms with Crippen molar-refractivity contribution >= 4 is 56.6 Å². The molecule has 2 aromatic heterocycles. The zero-order valence-electron chi connectivity index (χ0n) is 28.9. The number of benzene rings is 1. The largest absolute Gasteiger partial charge is 0.444 e. The molecule has 3 N–H and O–H groups in total.